The van der Waals surface area contributed by atoms with Gasteiger partial charge in [-0.3, -0.25) is 0 Å². The first-order valence-electron chi connectivity index (χ1n) is 6.17. The van der Waals surface area contributed by atoms with E-state index in [0.717, 1.165) is 11.9 Å². The maximum Gasteiger partial charge on any atom is 0.201 e. The topological polar surface area (TPSA) is 43.8 Å². The molecule has 3 rings (SSSR count). The molecule has 3 nitrogen and oxygen atoms in total. The van der Waals surface area contributed by atoms with Crippen molar-refractivity contribution in [3.63, 3.8) is 0 Å². The van der Waals surface area contributed by atoms with Crippen molar-refractivity contribution in [3.05, 3.63) is 24.0 Å². The van der Waals surface area contributed by atoms with Gasteiger partial charge in [0, 0.05) is 11.3 Å². The van der Waals surface area contributed by atoms with Crippen LogP contribution in [0.25, 0.3) is 11.0 Å². The highest BCUT2D eigenvalue weighted by Crippen LogP contribution is 2.40. The molecule has 1 aliphatic rings. The molecule has 1 aromatic carbocycles. The van der Waals surface area contributed by atoms with Gasteiger partial charge in [-0.25, -0.2) is 9.37 Å². The second-order valence-corrected chi connectivity index (χ2v) is 5.80. The summed E-state index contributed by atoms with van der Waals surface area (Å²) in [4.78, 5) is 4.18. The molecule has 0 spiro atoms. The van der Waals surface area contributed by atoms with E-state index in [1.807, 2.05) is 22.4 Å². The zero-order valence-electron chi connectivity index (χ0n) is 10.3. The molecule has 18 heavy (non-hydrogen) atoms. The number of nitrogens with two attached hydrogens (primary N) is 1. The van der Waals surface area contributed by atoms with Crippen molar-refractivity contribution >= 4 is 28.7 Å². The molecule has 2 N–H and O–H groups in total. The number of aromatic nitrogens is 2. The lowest BCUT2D eigenvalue weighted by Gasteiger charge is -2.21. The number of nitrogen functional groups attached to an aromatic ring is 1. The number of imidazole rings is 1. The van der Waals surface area contributed by atoms with Gasteiger partial charge in [-0.2, -0.15) is 11.8 Å². The smallest absolute Gasteiger partial charge is 0.201 e. The van der Waals surface area contributed by atoms with E-state index >= 15 is 0 Å². The summed E-state index contributed by atoms with van der Waals surface area (Å²) in [5.41, 5.74) is 7.20. The van der Waals surface area contributed by atoms with Gasteiger partial charge in [-0.15, -0.1) is 0 Å². The summed E-state index contributed by atoms with van der Waals surface area (Å²) in [6.07, 6.45) is 5.61. The highest BCUT2D eigenvalue weighted by atomic mass is 32.2. The number of benzene rings is 1. The van der Waals surface area contributed by atoms with Gasteiger partial charge in [0.05, 0.1) is 5.52 Å². The average molecular weight is 265 g/mol. The molecule has 5 heteroatoms. The van der Waals surface area contributed by atoms with Gasteiger partial charge in [0.15, 0.2) is 5.82 Å². The zero-order valence-corrected chi connectivity index (χ0v) is 11.1. The first-order chi connectivity index (χ1) is 8.72. The summed E-state index contributed by atoms with van der Waals surface area (Å²) in [6.45, 7) is 0. The molecule has 1 saturated carbocycles. The zero-order chi connectivity index (χ0) is 12.7. The first-order valence-corrected chi connectivity index (χ1v) is 7.46. The number of halogens is 1. The predicted molar refractivity (Wildman–Crippen MR) is 74.3 cm³/mol. The Morgan fingerprint density at radius 1 is 1.44 bits per heavy atom. The van der Waals surface area contributed by atoms with Crippen molar-refractivity contribution in [1.29, 1.82) is 0 Å². The monoisotopic (exact) mass is 265 g/mol. The maximum atomic E-state index is 13.7. The van der Waals surface area contributed by atoms with Crippen molar-refractivity contribution in [2.75, 3.05) is 12.0 Å². The standard InChI is InChI=1S/C13H16FN3S/c1-18-11-7-3-5-9(11)17-10-6-2-4-8(14)12(10)16-13(17)15/h2,4,6,9,11H,3,5,7H2,1H3,(H2,15,16). The molecular formula is C13H16FN3S. The number of thioether (sulfide) groups is 1. The van der Waals surface area contributed by atoms with E-state index in [0.29, 0.717) is 22.8 Å². The summed E-state index contributed by atoms with van der Waals surface area (Å²) in [5, 5.41) is 0.549. The van der Waals surface area contributed by atoms with E-state index in [1.165, 1.54) is 18.9 Å². The highest BCUT2D eigenvalue weighted by Gasteiger charge is 2.30. The molecule has 1 fully saturated rings. The summed E-state index contributed by atoms with van der Waals surface area (Å²) in [7, 11) is 0. The minimum Gasteiger partial charge on any atom is -0.369 e. The third kappa shape index (κ3) is 1.68. The van der Waals surface area contributed by atoms with Crippen molar-refractivity contribution < 1.29 is 4.39 Å². The van der Waals surface area contributed by atoms with Gasteiger partial charge in [0.1, 0.15) is 5.52 Å². The first kappa shape index (κ1) is 11.8. The molecule has 2 aromatic rings. The van der Waals surface area contributed by atoms with Crippen molar-refractivity contribution in [1.82, 2.24) is 9.55 Å². The summed E-state index contributed by atoms with van der Waals surface area (Å²) in [5.74, 6) is 0.137. The van der Waals surface area contributed by atoms with E-state index in [4.69, 9.17) is 5.73 Å². The molecule has 2 atom stereocenters. The van der Waals surface area contributed by atoms with Crippen LogP contribution in [-0.4, -0.2) is 21.1 Å². The second kappa shape index (κ2) is 4.46. The van der Waals surface area contributed by atoms with Crippen LogP contribution in [0.15, 0.2) is 18.2 Å². The Bertz CT molecular complexity index is 581. The summed E-state index contributed by atoms with van der Waals surface area (Å²) >= 11 is 1.86. The molecular weight excluding hydrogens is 249 g/mol. The Morgan fingerprint density at radius 2 is 2.28 bits per heavy atom. The fourth-order valence-electron chi connectivity index (χ4n) is 2.93. The van der Waals surface area contributed by atoms with Crippen LogP contribution in [0.4, 0.5) is 10.3 Å². The average Bonchev–Trinajstić information content (AvgIpc) is 2.93. The summed E-state index contributed by atoms with van der Waals surface area (Å²) < 4.78 is 15.7. The quantitative estimate of drug-likeness (QED) is 0.906. The molecule has 0 aliphatic heterocycles. The Hall–Kier alpha value is -1.23. The summed E-state index contributed by atoms with van der Waals surface area (Å²) in [6, 6.07) is 5.39. The fourth-order valence-corrected chi connectivity index (χ4v) is 3.90. The fraction of sp³-hybridized carbons (Fsp3) is 0.462. The molecule has 0 amide bonds. The number of fused-ring (bicyclic) bond motifs is 1. The largest absolute Gasteiger partial charge is 0.369 e. The third-order valence-electron chi connectivity index (χ3n) is 3.75. The molecule has 0 bridgehead atoms. The van der Waals surface area contributed by atoms with E-state index < -0.39 is 0 Å². The molecule has 2 unspecified atom stereocenters. The Balaban J connectivity index is 2.16. The van der Waals surface area contributed by atoms with Gasteiger partial charge >= 0.3 is 0 Å². The van der Waals surface area contributed by atoms with Crippen LogP contribution >= 0.6 is 11.8 Å². The Morgan fingerprint density at radius 3 is 3.06 bits per heavy atom. The van der Waals surface area contributed by atoms with Crippen LogP contribution < -0.4 is 5.73 Å². The van der Waals surface area contributed by atoms with Crippen molar-refractivity contribution in [2.45, 2.75) is 30.6 Å². The van der Waals surface area contributed by atoms with E-state index in [9.17, 15) is 4.39 Å². The lowest BCUT2D eigenvalue weighted by atomic mass is 10.2. The van der Waals surface area contributed by atoms with E-state index in [1.54, 1.807) is 6.07 Å². The minimum atomic E-state index is -0.295. The molecule has 1 aromatic heterocycles. The van der Waals surface area contributed by atoms with Gasteiger partial charge in [-0.1, -0.05) is 12.5 Å². The number of nitrogens with zero attached hydrogens (tertiary/aromatic N) is 2. The van der Waals surface area contributed by atoms with Gasteiger partial charge in [0.2, 0.25) is 5.95 Å². The predicted octanol–water partition coefficient (Wildman–Crippen LogP) is 3.21. The Kier molecular flexibility index (Phi) is 2.93. The molecule has 0 saturated heterocycles. The molecule has 1 heterocycles. The van der Waals surface area contributed by atoms with E-state index in [-0.39, 0.29) is 5.82 Å². The minimum absolute atomic E-state index is 0.295. The van der Waals surface area contributed by atoms with Crippen LogP contribution in [0.1, 0.15) is 25.3 Å². The van der Waals surface area contributed by atoms with E-state index in [2.05, 4.69) is 11.2 Å². The lowest BCUT2D eigenvalue weighted by Crippen LogP contribution is -2.17. The molecule has 96 valence electrons. The number of anilines is 1. The number of hydrogen-bond donors (Lipinski definition) is 1. The maximum absolute atomic E-state index is 13.7. The SMILES string of the molecule is CSC1CCCC1n1c(N)nc2c(F)cccc21. The normalized spacial score (nSPS) is 23.9. The Labute approximate surface area is 110 Å². The third-order valence-corrected chi connectivity index (χ3v) is 4.91. The van der Waals surface area contributed by atoms with Crippen LogP contribution in [-0.2, 0) is 0 Å². The molecule has 0 radical (unpaired) electrons. The van der Waals surface area contributed by atoms with Crippen molar-refractivity contribution in [3.8, 4) is 0 Å². The number of para-hydroxylation sites is 1. The van der Waals surface area contributed by atoms with Crippen LogP contribution in [0.2, 0.25) is 0 Å². The molecule has 1 aliphatic carbocycles. The number of rotatable bonds is 2. The van der Waals surface area contributed by atoms with Crippen LogP contribution in [0.3, 0.4) is 0 Å². The van der Waals surface area contributed by atoms with Gasteiger partial charge in [0.25, 0.3) is 0 Å². The lowest BCUT2D eigenvalue weighted by molar-refractivity contribution is 0.549. The van der Waals surface area contributed by atoms with Crippen LogP contribution in [0, 0.1) is 5.82 Å². The van der Waals surface area contributed by atoms with Gasteiger partial charge in [-0.05, 0) is 31.2 Å². The van der Waals surface area contributed by atoms with Crippen molar-refractivity contribution in [2.24, 2.45) is 0 Å². The highest BCUT2D eigenvalue weighted by molar-refractivity contribution is 7.99. The number of hydrogen-bond acceptors (Lipinski definition) is 3. The van der Waals surface area contributed by atoms with Gasteiger partial charge < -0.3 is 10.3 Å². The van der Waals surface area contributed by atoms with Crippen LogP contribution in [0.5, 0.6) is 0 Å². The second-order valence-electron chi connectivity index (χ2n) is 4.72.